The summed E-state index contributed by atoms with van der Waals surface area (Å²) in [6.45, 7) is 19.2. The second-order valence-corrected chi connectivity index (χ2v) is 34.6. The van der Waals surface area contributed by atoms with Crippen molar-refractivity contribution in [2.45, 2.75) is 71.2 Å². The predicted molar refractivity (Wildman–Crippen MR) is 156 cm³/mol. The molecule has 0 nitrogen and oxygen atoms in total. The van der Waals surface area contributed by atoms with E-state index in [9.17, 15) is 0 Å². The van der Waals surface area contributed by atoms with Crippen molar-refractivity contribution in [2.24, 2.45) is 0 Å². The van der Waals surface area contributed by atoms with E-state index in [1.807, 2.05) is 0 Å². The minimum Gasteiger partial charge on any atom is -0.0892 e. The SMILES string of the molecule is CC(C)(Br)[Si](c1ccccc1)(C(C)(C)Br)[Si](c1ccccc1)(C(C)(C)Br)C(C)(C)Br. The third-order valence-electron chi connectivity index (χ3n) is 6.54. The van der Waals surface area contributed by atoms with Crippen molar-refractivity contribution in [1.29, 1.82) is 0 Å². The molecular weight excluding hydrogens is 664 g/mol. The standard InChI is InChI=1S/C24H34Br4Si2/c1-21(2,25)29(22(3,4)26,19-15-11-9-12-16-19)30(23(5,6)27,24(7,8)28)20-17-13-10-14-18-20/h9-18H,1-8H3. The molecule has 6 heteroatoms. The Morgan fingerprint density at radius 2 is 0.633 bits per heavy atom. The van der Waals surface area contributed by atoms with E-state index in [4.69, 9.17) is 0 Å². The van der Waals surface area contributed by atoms with E-state index in [-0.39, 0.29) is 15.8 Å². The van der Waals surface area contributed by atoms with Gasteiger partial charge in [-0.1, -0.05) is 190 Å². The second-order valence-electron chi connectivity index (χ2n) is 10.1. The highest BCUT2D eigenvalue weighted by Gasteiger charge is 2.77. The first-order chi connectivity index (χ1) is 13.5. The predicted octanol–water partition coefficient (Wildman–Crippen LogP) is 7.63. The van der Waals surface area contributed by atoms with Crippen molar-refractivity contribution >= 4 is 89.3 Å². The highest BCUT2D eigenvalue weighted by molar-refractivity contribution is 9.13. The smallest absolute Gasteiger partial charge is 0.0892 e. The van der Waals surface area contributed by atoms with Crippen molar-refractivity contribution in [3.05, 3.63) is 60.7 Å². The number of hydrogen-bond acceptors (Lipinski definition) is 0. The highest BCUT2D eigenvalue weighted by atomic mass is 79.9. The largest absolute Gasteiger partial charge is 0.122 e. The zero-order valence-corrected chi connectivity index (χ0v) is 27.6. The molecule has 0 unspecified atom stereocenters. The minimum atomic E-state index is -2.49. The van der Waals surface area contributed by atoms with Gasteiger partial charge in [0.15, 0.2) is 0 Å². The number of hydrogen-bond donors (Lipinski definition) is 0. The Bertz CT molecular complexity index is 738. The molecule has 0 fully saturated rings. The molecule has 0 bridgehead atoms. The van der Waals surface area contributed by atoms with Crippen molar-refractivity contribution in [3.63, 3.8) is 0 Å². The maximum Gasteiger partial charge on any atom is 0.122 e. The summed E-state index contributed by atoms with van der Waals surface area (Å²) < 4.78 is -0.363. The van der Waals surface area contributed by atoms with Crippen LogP contribution in [0.2, 0.25) is 0 Å². The van der Waals surface area contributed by atoms with Gasteiger partial charge < -0.3 is 0 Å². The second kappa shape index (κ2) is 8.86. The van der Waals surface area contributed by atoms with Crippen LogP contribution in [-0.2, 0) is 0 Å². The van der Waals surface area contributed by atoms with Crippen molar-refractivity contribution in [1.82, 2.24) is 0 Å². The molecule has 166 valence electrons. The van der Waals surface area contributed by atoms with E-state index in [1.165, 1.54) is 10.4 Å². The summed E-state index contributed by atoms with van der Waals surface area (Å²) in [5.74, 6) is 0. The van der Waals surface area contributed by atoms with Crippen LogP contribution < -0.4 is 10.4 Å². The summed E-state index contributed by atoms with van der Waals surface area (Å²) in [7, 11) is -4.98. The monoisotopic (exact) mass is 694 g/mol. The summed E-state index contributed by atoms with van der Waals surface area (Å²) in [5.41, 5.74) is 0. The van der Waals surface area contributed by atoms with Crippen LogP contribution in [0.25, 0.3) is 0 Å². The number of rotatable bonds is 7. The summed E-state index contributed by atoms with van der Waals surface area (Å²) in [6, 6.07) is 22.6. The molecule has 30 heavy (non-hydrogen) atoms. The van der Waals surface area contributed by atoms with Gasteiger partial charge in [0.1, 0.15) is 15.2 Å². The Morgan fingerprint density at radius 1 is 0.433 bits per heavy atom. The minimum absolute atomic E-state index is 0.0908. The van der Waals surface area contributed by atoms with Crippen LogP contribution in [0.3, 0.4) is 0 Å². The zero-order chi connectivity index (χ0) is 23.2. The topological polar surface area (TPSA) is 0 Å². The van der Waals surface area contributed by atoms with Gasteiger partial charge in [0, 0.05) is 15.8 Å². The Kier molecular flexibility index (Phi) is 7.99. The summed E-state index contributed by atoms with van der Waals surface area (Å²) in [5, 5.41) is 2.98. The summed E-state index contributed by atoms with van der Waals surface area (Å²) in [4.78, 5) is 0. The maximum atomic E-state index is 4.32. The lowest BCUT2D eigenvalue weighted by molar-refractivity contribution is 0.840. The van der Waals surface area contributed by atoms with Gasteiger partial charge in [0.2, 0.25) is 0 Å². The molecule has 0 aliphatic rings. The third kappa shape index (κ3) is 4.08. The molecule has 2 rings (SSSR count). The lowest BCUT2D eigenvalue weighted by Crippen LogP contribution is -2.97. The first-order valence-corrected chi connectivity index (χ1v) is 18.5. The van der Waals surface area contributed by atoms with Crippen molar-refractivity contribution in [2.75, 3.05) is 0 Å². The molecule has 0 aromatic heterocycles. The van der Waals surface area contributed by atoms with Crippen molar-refractivity contribution in [3.8, 4) is 0 Å². The first kappa shape index (κ1) is 27.0. The van der Waals surface area contributed by atoms with Gasteiger partial charge in [-0.2, -0.15) is 0 Å². The van der Waals surface area contributed by atoms with Crippen LogP contribution in [0.5, 0.6) is 0 Å². The molecule has 0 atom stereocenters. The molecule has 0 radical (unpaired) electrons. The zero-order valence-electron chi connectivity index (χ0n) is 19.3. The molecule has 0 N–H and O–H groups in total. The Balaban J connectivity index is 3.34. The van der Waals surface area contributed by atoms with Gasteiger partial charge >= 0.3 is 0 Å². The van der Waals surface area contributed by atoms with Crippen LogP contribution in [0.15, 0.2) is 60.7 Å². The van der Waals surface area contributed by atoms with E-state index in [1.54, 1.807) is 0 Å². The molecule has 0 saturated heterocycles. The van der Waals surface area contributed by atoms with Crippen LogP contribution in [-0.4, -0.2) is 31.0 Å². The fraction of sp³-hybridized carbons (Fsp3) is 0.500. The van der Waals surface area contributed by atoms with E-state index in [0.29, 0.717) is 0 Å². The third-order valence-corrected chi connectivity index (χ3v) is 41.3. The lowest BCUT2D eigenvalue weighted by Gasteiger charge is -2.67. The van der Waals surface area contributed by atoms with Gasteiger partial charge in [-0.25, -0.2) is 0 Å². The van der Waals surface area contributed by atoms with Crippen LogP contribution in [0.4, 0.5) is 0 Å². The molecule has 0 heterocycles. The van der Waals surface area contributed by atoms with Crippen LogP contribution in [0, 0.1) is 0 Å². The molecule has 0 spiro atoms. The number of benzene rings is 2. The van der Waals surface area contributed by atoms with Gasteiger partial charge in [0.25, 0.3) is 0 Å². The van der Waals surface area contributed by atoms with E-state index >= 15 is 0 Å². The molecule has 0 amide bonds. The molecule has 0 aliphatic heterocycles. The quantitative estimate of drug-likeness (QED) is 0.206. The molecular formula is C24H34Br4Si2. The van der Waals surface area contributed by atoms with Gasteiger partial charge in [-0.05, 0) is 0 Å². The van der Waals surface area contributed by atoms with E-state index in [0.717, 1.165) is 0 Å². The van der Waals surface area contributed by atoms with Crippen LogP contribution in [0.1, 0.15) is 55.4 Å². The molecule has 2 aromatic rings. The Labute approximate surface area is 219 Å². The fourth-order valence-electron chi connectivity index (χ4n) is 6.38. The van der Waals surface area contributed by atoms with Gasteiger partial charge in [0.05, 0.1) is 0 Å². The fourth-order valence-corrected chi connectivity index (χ4v) is 53.1. The maximum absolute atomic E-state index is 4.32. The Morgan fingerprint density at radius 3 is 0.800 bits per heavy atom. The van der Waals surface area contributed by atoms with Gasteiger partial charge in [-0.15, -0.1) is 0 Å². The first-order valence-electron chi connectivity index (χ1n) is 10.3. The van der Waals surface area contributed by atoms with E-state index in [2.05, 4.69) is 180 Å². The van der Waals surface area contributed by atoms with Crippen LogP contribution >= 0.6 is 63.7 Å². The summed E-state index contributed by atoms with van der Waals surface area (Å²) >= 11 is 17.3. The summed E-state index contributed by atoms with van der Waals surface area (Å²) in [6.07, 6.45) is 0. The molecule has 0 saturated carbocycles. The number of alkyl halides is 4. The highest BCUT2D eigenvalue weighted by Crippen LogP contribution is 2.56. The molecule has 2 aromatic carbocycles. The average Bonchev–Trinajstić information content (AvgIpc) is 2.56. The lowest BCUT2D eigenvalue weighted by atomic mass is 10.4. The van der Waals surface area contributed by atoms with Crippen molar-refractivity contribution < 1.29 is 0 Å². The van der Waals surface area contributed by atoms with Gasteiger partial charge in [-0.3, -0.25) is 0 Å². The number of halogens is 4. The average molecular weight is 698 g/mol. The molecule has 0 aliphatic carbocycles. The van der Waals surface area contributed by atoms with E-state index < -0.39 is 15.2 Å². The Hall–Kier alpha value is 0.794. The normalized spacial score (nSPS) is 14.7.